The van der Waals surface area contributed by atoms with Crippen molar-refractivity contribution >= 4 is 36.4 Å². The fraction of sp³-hybridized carbons (Fsp3) is 0.594. The van der Waals surface area contributed by atoms with Crippen LogP contribution in [0.1, 0.15) is 55.4 Å². The molecule has 0 radical (unpaired) electrons. The molecule has 3 rings (SSSR count). The Morgan fingerprint density at radius 1 is 0.940 bits per heavy atom. The van der Waals surface area contributed by atoms with Gasteiger partial charge in [-0.05, 0) is 67.5 Å². The molecule has 0 spiro atoms. The number of nitrogens with two attached hydrogens (primary N) is 1. The molecule has 278 valence electrons. The summed E-state index contributed by atoms with van der Waals surface area (Å²) in [4.78, 5) is 50.1. The number of rotatable bonds is 18. The summed E-state index contributed by atoms with van der Waals surface area (Å²) in [5.74, 6) is -0.829. The zero-order chi connectivity index (χ0) is 37.3. The van der Waals surface area contributed by atoms with Crippen LogP contribution < -0.4 is 31.1 Å². The summed E-state index contributed by atoms with van der Waals surface area (Å²) in [6, 6.07) is 6.67. The summed E-state index contributed by atoms with van der Waals surface area (Å²) in [5.41, 5.74) is 4.25. The predicted molar refractivity (Wildman–Crippen MR) is 186 cm³/mol. The van der Waals surface area contributed by atoms with E-state index < -0.39 is 60.8 Å². The molecule has 50 heavy (non-hydrogen) atoms. The van der Waals surface area contributed by atoms with E-state index >= 15 is 0 Å². The van der Waals surface area contributed by atoms with E-state index in [4.69, 9.17) is 34.2 Å². The van der Waals surface area contributed by atoms with Gasteiger partial charge < -0.3 is 39.1 Å². The summed E-state index contributed by atoms with van der Waals surface area (Å²) in [6.45, 7) is 13.4. The van der Waals surface area contributed by atoms with E-state index in [0.717, 1.165) is 0 Å². The highest BCUT2D eigenvalue weighted by Gasteiger charge is 2.35. The normalized spacial score (nSPS) is 14.2. The van der Waals surface area contributed by atoms with E-state index in [1.807, 2.05) is 6.07 Å². The van der Waals surface area contributed by atoms with Gasteiger partial charge in [0.2, 0.25) is 7.44 Å². The van der Waals surface area contributed by atoms with E-state index in [1.165, 1.54) is 25.5 Å². The van der Waals surface area contributed by atoms with Crippen molar-refractivity contribution < 1.29 is 42.6 Å². The molecule has 1 unspecified atom stereocenters. The van der Waals surface area contributed by atoms with Crippen molar-refractivity contribution in [2.75, 3.05) is 39.0 Å². The SMILES string of the molecule is COCCOc1nc(N)c2[nH]c(=O)n(CC(COc3ccccc3)OCP(=O)(N[C@@H](C)C(=O)OC(C)(C)C)N[C@@H](C)C(=O)OC(C)(C)C)c2n1. The molecule has 2 aromatic heterocycles. The Labute approximate surface area is 291 Å². The molecule has 5 N–H and O–H groups in total. The largest absolute Gasteiger partial charge is 0.491 e. The molecule has 18 heteroatoms. The summed E-state index contributed by atoms with van der Waals surface area (Å²) < 4.78 is 49.4. The van der Waals surface area contributed by atoms with Gasteiger partial charge in [-0.2, -0.15) is 9.97 Å². The minimum absolute atomic E-state index is 0.0126. The van der Waals surface area contributed by atoms with Gasteiger partial charge >= 0.3 is 23.6 Å². The molecule has 2 heterocycles. The van der Waals surface area contributed by atoms with Crippen molar-refractivity contribution in [2.45, 2.75) is 91.3 Å². The fourth-order valence-electron chi connectivity index (χ4n) is 4.38. The van der Waals surface area contributed by atoms with Crippen molar-refractivity contribution in [3.63, 3.8) is 0 Å². The third-order valence-corrected chi connectivity index (χ3v) is 8.65. The van der Waals surface area contributed by atoms with Crippen LogP contribution in [0.4, 0.5) is 5.82 Å². The maximum Gasteiger partial charge on any atom is 0.327 e. The highest BCUT2D eigenvalue weighted by atomic mass is 31.2. The Balaban J connectivity index is 1.95. The number of hydrogen-bond acceptors (Lipinski definition) is 13. The zero-order valence-corrected chi connectivity index (χ0v) is 31.0. The van der Waals surface area contributed by atoms with Crippen LogP contribution in [0.3, 0.4) is 0 Å². The third kappa shape index (κ3) is 12.7. The molecule has 3 aromatic rings. The molecular formula is C32H50N7O10P. The van der Waals surface area contributed by atoms with Crippen LogP contribution in [0.5, 0.6) is 11.8 Å². The highest BCUT2D eigenvalue weighted by molar-refractivity contribution is 7.59. The van der Waals surface area contributed by atoms with Gasteiger partial charge in [0, 0.05) is 7.11 Å². The standard InChI is InChI=1S/C32H50N7O10P/c1-20(27(40)48-31(3,4)5)37-50(43,38-21(2)28(41)49-32(6,7)8)19-47-23(18-46-22-13-11-10-12-14-22)17-39-26-24(34-30(39)42)25(33)35-29(36-26)45-16-15-44-9/h10-14,20-21,23H,15-19H2,1-9H3,(H,34,42)(H2,33,35,36)(H2,37,38,43)/t20-,21-,23?/m0/s1. The van der Waals surface area contributed by atoms with Gasteiger partial charge in [0.15, 0.2) is 11.5 Å². The van der Waals surface area contributed by atoms with Crippen molar-refractivity contribution in [3.8, 4) is 11.8 Å². The lowest BCUT2D eigenvalue weighted by molar-refractivity contribution is -0.157. The van der Waals surface area contributed by atoms with Crippen LogP contribution in [-0.2, 0) is 39.6 Å². The third-order valence-electron chi connectivity index (χ3n) is 6.53. The van der Waals surface area contributed by atoms with Gasteiger partial charge in [-0.15, -0.1) is 0 Å². The van der Waals surface area contributed by atoms with Crippen LogP contribution in [0, 0.1) is 0 Å². The van der Waals surface area contributed by atoms with Crippen LogP contribution in [0.2, 0.25) is 0 Å². The average molecular weight is 724 g/mol. The predicted octanol–water partition coefficient (Wildman–Crippen LogP) is 2.98. The maximum atomic E-state index is 14.5. The summed E-state index contributed by atoms with van der Waals surface area (Å²) in [6.07, 6.45) is -1.48. The quantitative estimate of drug-likeness (QED) is 0.0842. The van der Waals surface area contributed by atoms with Crippen molar-refractivity contribution in [1.29, 1.82) is 0 Å². The summed E-state index contributed by atoms with van der Waals surface area (Å²) in [5, 5.41) is 5.58. The van der Waals surface area contributed by atoms with Gasteiger partial charge in [0.05, 0.1) is 13.2 Å². The number of fused-ring (bicyclic) bond motifs is 1. The molecule has 1 aromatic carbocycles. The molecule has 3 atom stereocenters. The summed E-state index contributed by atoms with van der Waals surface area (Å²) >= 11 is 0. The minimum Gasteiger partial charge on any atom is -0.491 e. The fourth-order valence-corrected chi connectivity index (χ4v) is 6.48. The second-order valence-corrected chi connectivity index (χ2v) is 15.8. The van der Waals surface area contributed by atoms with Crippen molar-refractivity contribution in [2.24, 2.45) is 0 Å². The van der Waals surface area contributed by atoms with Crippen molar-refractivity contribution in [1.82, 2.24) is 29.7 Å². The molecule has 0 saturated heterocycles. The minimum atomic E-state index is -3.95. The lowest BCUT2D eigenvalue weighted by Crippen LogP contribution is -2.45. The Morgan fingerprint density at radius 2 is 1.52 bits per heavy atom. The first-order valence-corrected chi connectivity index (χ1v) is 18.0. The molecule has 0 fully saturated rings. The number of nitrogens with zero attached hydrogens (tertiary/aromatic N) is 3. The lowest BCUT2D eigenvalue weighted by Gasteiger charge is -2.30. The second kappa shape index (κ2) is 17.3. The number of methoxy groups -OCH3 is 1. The number of anilines is 1. The molecule has 17 nitrogen and oxygen atoms in total. The van der Waals surface area contributed by atoms with E-state index in [1.54, 1.807) is 65.8 Å². The molecule has 0 saturated carbocycles. The molecule has 0 aliphatic rings. The number of nitrogen functional groups attached to an aromatic ring is 1. The van der Waals surface area contributed by atoms with Gasteiger partial charge in [-0.25, -0.2) is 15.0 Å². The number of carbonyl (C=O) groups is 2. The number of benzene rings is 1. The van der Waals surface area contributed by atoms with E-state index in [0.29, 0.717) is 5.75 Å². The zero-order valence-electron chi connectivity index (χ0n) is 30.1. The van der Waals surface area contributed by atoms with E-state index in [2.05, 4.69) is 25.1 Å². The number of hydrogen-bond donors (Lipinski definition) is 4. The maximum absolute atomic E-state index is 14.5. The number of aromatic nitrogens is 4. The monoisotopic (exact) mass is 723 g/mol. The number of ether oxygens (including phenoxy) is 6. The molecule has 0 aliphatic heterocycles. The summed E-state index contributed by atoms with van der Waals surface area (Å²) in [7, 11) is -2.44. The number of carbonyl (C=O) groups excluding carboxylic acids is 2. The molecular weight excluding hydrogens is 673 g/mol. The van der Waals surface area contributed by atoms with E-state index in [-0.39, 0.29) is 49.4 Å². The Kier molecular flexibility index (Phi) is 14.0. The van der Waals surface area contributed by atoms with Crippen molar-refractivity contribution in [3.05, 3.63) is 40.8 Å². The van der Waals surface area contributed by atoms with Crippen LogP contribution in [0.25, 0.3) is 11.2 Å². The Hall–Kier alpha value is -4.02. The number of H-pyrrole nitrogens is 1. The number of aromatic amines is 1. The van der Waals surface area contributed by atoms with Gasteiger partial charge in [-0.1, -0.05) is 18.2 Å². The average Bonchev–Trinajstić information content (AvgIpc) is 3.32. The van der Waals surface area contributed by atoms with E-state index in [9.17, 15) is 18.9 Å². The number of nitrogens with one attached hydrogen (secondary N) is 3. The van der Waals surface area contributed by atoms with Gasteiger partial charge in [-0.3, -0.25) is 18.7 Å². The Bertz CT molecular complexity index is 1640. The van der Waals surface area contributed by atoms with Crippen LogP contribution in [-0.4, -0.2) is 94.1 Å². The van der Waals surface area contributed by atoms with Gasteiger partial charge in [0.25, 0.3) is 0 Å². The van der Waals surface area contributed by atoms with Crippen LogP contribution >= 0.6 is 7.44 Å². The highest BCUT2D eigenvalue weighted by Crippen LogP contribution is 2.38. The first-order valence-electron chi connectivity index (χ1n) is 16.1. The topological polar surface area (TPSA) is 220 Å². The lowest BCUT2D eigenvalue weighted by atomic mass is 10.2. The first-order chi connectivity index (χ1) is 23.3. The smallest absolute Gasteiger partial charge is 0.327 e. The number of esters is 2. The van der Waals surface area contributed by atoms with Gasteiger partial charge in [0.1, 0.15) is 60.2 Å². The Morgan fingerprint density at radius 3 is 2.06 bits per heavy atom. The number of para-hydroxylation sites is 1. The molecule has 0 aliphatic carbocycles. The molecule has 0 amide bonds. The molecule has 0 bridgehead atoms. The number of imidazole rings is 1. The van der Waals surface area contributed by atoms with Crippen LogP contribution in [0.15, 0.2) is 35.1 Å². The first kappa shape index (κ1) is 40.4. The second-order valence-electron chi connectivity index (χ2n) is 13.5.